The van der Waals surface area contributed by atoms with Crippen LogP contribution in [0.1, 0.15) is 68.1 Å². The molecule has 0 radical (unpaired) electrons. The highest BCUT2D eigenvalue weighted by atomic mass is 16.2. The predicted octanol–water partition coefficient (Wildman–Crippen LogP) is 5.30. The molecule has 0 fully saturated rings. The average molecular weight is 446 g/mol. The molecule has 3 aromatic rings. The summed E-state index contributed by atoms with van der Waals surface area (Å²) >= 11 is 0. The molecule has 5 nitrogen and oxygen atoms in total. The Morgan fingerprint density at radius 1 is 1.03 bits per heavy atom. The summed E-state index contributed by atoms with van der Waals surface area (Å²) in [5.74, 6) is 0.414. The second-order valence-corrected chi connectivity index (χ2v) is 9.72. The van der Waals surface area contributed by atoms with Crippen molar-refractivity contribution in [3.05, 3.63) is 71.4 Å². The van der Waals surface area contributed by atoms with E-state index in [1.54, 1.807) is 0 Å². The Morgan fingerprint density at radius 3 is 2.45 bits per heavy atom. The monoisotopic (exact) mass is 445 g/mol. The molecule has 0 bridgehead atoms. The highest BCUT2D eigenvalue weighted by molar-refractivity contribution is 6.03. The lowest BCUT2D eigenvalue weighted by Crippen LogP contribution is -2.52. The molecule has 3 atom stereocenters. The Morgan fingerprint density at radius 2 is 1.73 bits per heavy atom. The maximum Gasteiger partial charge on any atom is 0.255 e. The van der Waals surface area contributed by atoms with Crippen LogP contribution in [0.3, 0.4) is 0 Å². The van der Waals surface area contributed by atoms with Crippen LogP contribution in [-0.4, -0.2) is 33.9 Å². The van der Waals surface area contributed by atoms with E-state index in [9.17, 15) is 9.59 Å². The van der Waals surface area contributed by atoms with Crippen LogP contribution in [0.25, 0.3) is 10.9 Å². The third kappa shape index (κ3) is 4.17. The summed E-state index contributed by atoms with van der Waals surface area (Å²) in [6.45, 7) is 9.07. The summed E-state index contributed by atoms with van der Waals surface area (Å²) in [5.41, 5.74) is 3.85. The first-order chi connectivity index (χ1) is 15.8. The van der Waals surface area contributed by atoms with Crippen molar-refractivity contribution in [2.24, 2.45) is 18.9 Å². The minimum absolute atomic E-state index is 0.0276. The molecule has 1 aromatic heterocycles. The molecule has 0 aliphatic carbocycles. The lowest BCUT2D eigenvalue weighted by Gasteiger charge is -2.36. The molecule has 174 valence electrons. The lowest BCUT2D eigenvalue weighted by molar-refractivity contribution is -0.127. The van der Waals surface area contributed by atoms with Crippen molar-refractivity contribution in [3.63, 3.8) is 0 Å². The van der Waals surface area contributed by atoms with Crippen LogP contribution in [0.5, 0.6) is 0 Å². The Labute approximate surface area is 196 Å². The van der Waals surface area contributed by atoms with E-state index in [4.69, 9.17) is 0 Å². The van der Waals surface area contributed by atoms with Gasteiger partial charge >= 0.3 is 0 Å². The Balaban J connectivity index is 1.83. The number of rotatable bonds is 8. The number of nitrogens with zero attached hydrogens (tertiary/aromatic N) is 2. The first-order valence-corrected chi connectivity index (χ1v) is 12.1. The van der Waals surface area contributed by atoms with Crippen molar-refractivity contribution >= 4 is 22.7 Å². The van der Waals surface area contributed by atoms with Gasteiger partial charge in [-0.3, -0.25) is 9.59 Å². The standard InChI is InChI=1S/C28H35N3O2/c1-6-19(4)25(27(32)29-16-15-18(2)3)31-26(21-12-7-8-13-22(21)28(31)33)23-17-30(5)24-14-10-9-11-20(23)24/h7-14,17-19,25-26H,6,15-16H2,1-5H3,(H,29,32). The average Bonchev–Trinajstić information content (AvgIpc) is 3.28. The minimum atomic E-state index is -0.536. The Bertz CT molecular complexity index is 1160. The number of hydrogen-bond acceptors (Lipinski definition) is 2. The van der Waals surface area contributed by atoms with E-state index in [2.05, 4.69) is 55.9 Å². The number of aromatic nitrogens is 1. The van der Waals surface area contributed by atoms with E-state index in [0.29, 0.717) is 18.0 Å². The van der Waals surface area contributed by atoms with Crippen LogP contribution in [0.4, 0.5) is 0 Å². The summed E-state index contributed by atoms with van der Waals surface area (Å²) in [7, 11) is 2.03. The SMILES string of the molecule is CCC(C)C(C(=O)NCCC(C)C)N1C(=O)c2ccccc2C1c1cn(C)c2ccccc12. The van der Waals surface area contributed by atoms with Crippen LogP contribution in [0.15, 0.2) is 54.7 Å². The van der Waals surface area contributed by atoms with Gasteiger partial charge in [-0.25, -0.2) is 0 Å². The zero-order valence-corrected chi connectivity index (χ0v) is 20.3. The van der Waals surface area contributed by atoms with E-state index < -0.39 is 6.04 Å². The number of fused-ring (bicyclic) bond motifs is 2. The molecule has 0 spiro atoms. The molecular weight excluding hydrogens is 410 g/mol. The van der Waals surface area contributed by atoms with Gasteiger partial charge in [-0.2, -0.15) is 0 Å². The molecule has 2 amide bonds. The first-order valence-electron chi connectivity index (χ1n) is 12.1. The van der Waals surface area contributed by atoms with Gasteiger partial charge in [0.25, 0.3) is 5.91 Å². The summed E-state index contributed by atoms with van der Waals surface area (Å²) < 4.78 is 2.11. The first kappa shape index (κ1) is 23.1. The summed E-state index contributed by atoms with van der Waals surface area (Å²) in [6, 6.07) is 15.2. The lowest BCUT2D eigenvalue weighted by atomic mass is 9.92. The normalized spacial score (nSPS) is 17.5. The number of hydrogen-bond donors (Lipinski definition) is 1. The van der Waals surface area contributed by atoms with Gasteiger partial charge in [0, 0.05) is 41.8 Å². The van der Waals surface area contributed by atoms with Crippen LogP contribution in [0.2, 0.25) is 0 Å². The topological polar surface area (TPSA) is 54.3 Å². The number of amides is 2. The van der Waals surface area contributed by atoms with E-state index in [0.717, 1.165) is 34.9 Å². The molecule has 1 N–H and O–H groups in total. The molecule has 1 aliphatic heterocycles. The third-order valence-corrected chi connectivity index (χ3v) is 6.99. The van der Waals surface area contributed by atoms with Gasteiger partial charge in [0.1, 0.15) is 6.04 Å². The summed E-state index contributed by atoms with van der Waals surface area (Å²) in [4.78, 5) is 29.2. The van der Waals surface area contributed by atoms with Crippen LogP contribution in [-0.2, 0) is 11.8 Å². The van der Waals surface area contributed by atoms with E-state index in [-0.39, 0.29) is 23.8 Å². The number of benzene rings is 2. The summed E-state index contributed by atoms with van der Waals surface area (Å²) in [6.07, 6.45) is 3.84. The van der Waals surface area contributed by atoms with E-state index in [1.165, 1.54) is 0 Å². The van der Waals surface area contributed by atoms with E-state index >= 15 is 0 Å². The quantitative estimate of drug-likeness (QED) is 0.511. The summed E-state index contributed by atoms with van der Waals surface area (Å²) in [5, 5.41) is 4.24. The molecular formula is C28H35N3O2. The Kier molecular flexibility index (Phi) is 6.59. The fourth-order valence-corrected chi connectivity index (χ4v) is 5.00. The minimum Gasteiger partial charge on any atom is -0.354 e. The molecule has 0 saturated carbocycles. The molecule has 1 aliphatic rings. The highest BCUT2D eigenvalue weighted by Gasteiger charge is 2.46. The number of nitrogens with one attached hydrogen (secondary N) is 1. The van der Waals surface area contributed by atoms with Gasteiger partial charge in [-0.05, 0) is 36.0 Å². The zero-order valence-electron chi connectivity index (χ0n) is 20.3. The van der Waals surface area contributed by atoms with Gasteiger partial charge in [-0.15, -0.1) is 0 Å². The van der Waals surface area contributed by atoms with Crippen molar-refractivity contribution in [1.29, 1.82) is 0 Å². The molecule has 33 heavy (non-hydrogen) atoms. The molecule has 2 heterocycles. The number of aryl methyl sites for hydroxylation is 1. The predicted molar refractivity (Wildman–Crippen MR) is 133 cm³/mol. The molecule has 0 saturated heterocycles. The maximum absolute atomic E-state index is 13.8. The van der Waals surface area contributed by atoms with Crippen LogP contribution in [0, 0.1) is 11.8 Å². The fraction of sp³-hybridized carbons (Fsp3) is 0.429. The van der Waals surface area contributed by atoms with Crippen LogP contribution >= 0.6 is 0 Å². The fourth-order valence-electron chi connectivity index (χ4n) is 5.00. The van der Waals surface area contributed by atoms with Crippen molar-refractivity contribution in [2.75, 3.05) is 6.54 Å². The second-order valence-electron chi connectivity index (χ2n) is 9.72. The van der Waals surface area contributed by atoms with Crippen molar-refractivity contribution in [1.82, 2.24) is 14.8 Å². The van der Waals surface area contributed by atoms with Gasteiger partial charge in [0.2, 0.25) is 5.91 Å². The number of para-hydroxylation sites is 1. The van der Waals surface area contributed by atoms with Gasteiger partial charge in [-0.1, -0.05) is 70.5 Å². The molecule has 5 heteroatoms. The highest BCUT2D eigenvalue weighted by Crippen LogP contribution is 2.44. The maximum atomic E-state index is 13.8. The van der Waals surface area contributed by atoms with Crippen molar-refractivity contribution < 1.29 is 9.59 Å². The molecule has 4 rings (SSSR count). The third-order valence-electron chi connectivity index (χ3n) is 6.99. The Hall–Kier alpha value is -3.08. The molecule has 3 unspecified atom stereocenters. The largest absolute Gasteiger partial charge is 0.354 e. The van der Waals surface area contributed by atoms with Crippen molar-refractivity contribution in [2.45, 2.75) is 52.6 Å². The molecule has 2 aromatic carbocycles. The second kappa shape index (κ2) is 9.42. The van der Waals surface area contributed by atoms with Gasteiger partial charge in [0.15, 0.2) is 0 Å². The van der Waals surface area contributed by atoms with Gasteiger partial charge < -0.3 is 14.8 Å². The zero-order chi connectivity index (χ0) is 23.7. The van der Waals surface area contributed by atoms with Crippen molar-refractivity contribution in [3.8, 4) is 0 Å². The smallest absolute Gasteiger partial charge is 0.255 e. The van der Waals surface area contributed by atoms with Gasteiger partial charge in [0.05, 0.1) is 6.04 Å². The van der Waals surface area contributed by atoms with E-state index in [1.807, 2.05) is 48.3 Å². The number of carbonyl (C=O) groups excluding carboxylic acids is 2. The number of carbonyl (C=O) groups is 2. The van der Waals surface area contributed by atoms with Crippen LogP contribution < -0.4 is 5.32 Å².